The fraction of sp³-hybridized carbons (Fsp3) is 0.900. The summed E-state index contributed by atoms with van der Waals surface area (Å²) in [5.74, 6) is 0.250. The number of amides is 2. The average molecular weight is 382 g/mol. The van der Waals surface area contributed by atoms with Crippen LogP contribution in [0.4, 0.5) is 0 Å². The van der Waals surface area contributed by atoms with Crippen LogP contribution in [0, 0.1) is 11.3 Å². The monoisotopic (exact) mass is 381 g/mol. The Kier molecular flexibility index (Phi) is 7.11. The summed E-state index contributed by atoms with van der Waals surface area (Å²) in [4.78, 5) is 29.4. The number of methoxy groups -OCH3 is 1. The maximum atomic E-state index is 12.7. The van der Waals surface area contributed by atoms with E-state index in [0.29, 0.717) is 38.2 Å². The van der Waals surface area contributed by atoms with Crippen LogP contribution in [0.3, 0.4) is 0 Å². The predicted molar refractivity (Wildman–Crippen MR) is 102 cm³/mol. The van der Waals surface area contributed by atoms with Gasteiger partial charge in [-0.05, 0) is 51.5 Å². The van der Waals surface area contributed by atoms with E-state index in [1.807, 2.05) is 4.90 Å². The topological polar surface area (TPSA) is 85.1 Å². The number of nitrogens with zero attached hydrogens (tertiary/aromatic N) is 2. The Balaban J connectivity index is 1.54. The van der Waals surface area contributed by atoms with Crippen molar-refractivity contribution >= 4 is 11.8 Å². The Hall–Kier alpha value is -1.18. The number of ether oxygens (including phenoxy) is 2. The first kappa shape index (κ1) is 20.6. The number of primary amides is 1. The van der Waals surface area contributed by atoms with Gasteiger partial charge in [0.1, 0.15) is 0 Å². The molecule has 3 fully saturated rings. The second-order valence-electron chi connectivity index (χ2n) is 8.40. The fourth-order valence-electron chi connectivity index (χ4n) is 4.96. The summed E-state index contributed by atoms with van der Waals surface area (Å²) < 4.78 is 10.6. The van der Waals surface area contributed by atoms with Gasteiger partial charge in [-0.2, -0.15) is 0 Å². The second kappa shape index (κ2) is 9.34. The molecule has 7 nitrogen and oxygen atoms in total. The minimum absolute atomic E-state index is 0.141. The molecule has 0 bridgehead atoms. The Bertz CT molecular complexity index is 515. The fourth-order valence-corrected chi connectivity index (χ4v) is 4.96. The van der Waals surface area contributed by atoms with E-state index in [-0.39, 0.29) is 11.8 Å². The van der Waals surface area contributed by atoms with Gasteiger partial charge in [0.25, 0.3) is 0 Å². The van der Waals surface area contributed by atoms with Gasteiger partial charge in [0.05, 0.1) is 5.41 Å². The van der Waals surface area contributed by atoms with Gasteiger partial charge >= 0.3 is 0 Å². The molecule has 1 unspecified atom stereocenters. The van der Waals surface area contributed by atoms with Gasteiger partial charge in [0.2, 0.25) is 11.8 Å². The molecule has 154 valence electrons. The highest BCUT2D eigenvalue weighted by molar-refractivity contribution is 5.81. The molecule has 0 radical (unpaired) electrons. The number of nitrogens with two attached hydrogens (primary N) is 1. The molecule has 3 aliphatic rings. The number of piperidine rings is 2. The molecule has 2 N–H and O–H groups in total. The van der Waals surface area contributed by atoms with Crippen molar-refractivity contribution in [2.24, 2.45) is 17.1 Å². The van der Waals surface area contributed by atoms with E-state index in [4.69, 9.17) is 15.2 Å². The highest BCUT2D eigenvalue weighted by atomic mass is 16.5. The number of carbonyl (C=O) groups excluding carboxylic acids is 2. The summed E-state index contributed by atoms with van der Waals surface area (Å²) in [5, 5.41) is 0. The predicted octanol–water partition coefficient (Wildman–Crippen LogP) is 1.01. The molecule has 0 aromatic heterocycles. The van der Waals surface area contributed by atoms with Crippen LogP contribution >= 0.6 is 0 Å². The van der Waals surface area contributed by atoms with Crippen molar-refractivity contribution in [3.63, 3.8) is 0 Å². The van der Waals surface area contributed by atoms with Crippen LogP contribution < -0.4 is 5.73 Å². The van der Waals surface area contributed by atoms with Crippen LogP contribution in [0.5, 0.6) is 0 Å². The van der Waals surface area contributed by atoms with Crippen LogP contribution in [0.25, 0.3) is 0 Å². The molecular weight excluding hydrogens is 346 g/mol. The summed E-state index contributed by atoms with van der Waals surface area (Å²) in [6, 6.07) is 0.435. The number of carbonyl (C=O) groups is 2. The summed E-state index contributed by atoms with van der Waals surface area (Å²) >= 11 is 0. The summed E-state index contributed by atoms with van der Waals surface area (Å²) in [5.41, 5.74) is 5.33. The van der Waals surface area contributed by atoms with Crippen molar-refractivity contribution in [3.8, 4) is 0 Å². The largest absolute Gasteiger partial charge is 0.385 e. The third kappa shape index (κ3) is 4.81. The van der Waals surface area contributed by atoms with Crippen LogP contribution in [0.2, 0.25) is 0 Å². The van der Waals surface area contributed by atoms with Gasteiger partial charge < -0.3 is 20.1 Å². The van der Waals surface area contributed by atoms with Crippen LogP contribution in [0.1, 0.15) is 44.9 Å². The molecule has 27 heavy (non-hydrogen) atoms. The number of rotatable bonds is 6. The van der Waals surface area contributed by atoms with Crippen molar-refractivity contribution in [2.75, 3.05) is 53.1 Å². The van der Waals surface area contributed by atoms with Crippen LogP contribution in [-0.4, -0.2) is 80.8 Å². The molecule has 7 heteroatoms. The molecule has 0 aromatic rings. The Morgan fingerprint density at radius 3 is 2.48 bits per heavy atom. The minimum Gasteiger partial charge on any atom is -0.385 e. The SMILES string of the molecule is COCCC1(C(N)=O)CCCN(C2CCN(C(=O)C3CCOCC3)CC2)C1. The van der Waals surface area contributed by atoms with E-state index >= 15 is 0 Å². The lowest BCUT2D eigenvalue weighted by molar-refractivity contribution is -0.140. The molecule has 3 aliphatic heterocycles. The number of likely N-dealkylation sites (tertiary alicyclic amines) is 2. The molecule has 2 amide bonds. The van der Waals surface area contributed by atoms with Gasteiger partial charge in [0.15, 0.2) is 0 Å². The first-order chi connectivity index (χ1) is 13.1. The van der Waals surface area contributed by atoms with Gasteiger partial charge in [-0.1, -0.05) is 0 Å². The number of hydrogen-bond acceptors (Lipinski definition) is 5. The lowest BCUT2D eigenvalue weighted by Gasteiger charge is -2.46. The third-order valence-electron chi connectivity index (χ3n) is 6.78. The highest BCUT2D eigenvalue weighted by Gasteiger charge is 2.42. The zero-order valence-electron chi connectivity index (χ0n) is 16.7. The zero-order valence-corrected chi connectivity index (χ0v) is 16.7. The summed E-state index contributed by atoms with van der Waals surface area (Å²) in [6.07, 6.45) is 6.20. The highest BCUT2D eigenvalue weighted by Crippen LogP contribution is 2.35. The van der Waals surface area contributed by atoms with Gasteiger partial charge in [-0.25, -0.2) is 0 Å². The molecule has 0 aromatic carbocycles. The van der Waals surface area contributed by atoms with Crippen molar-refractivity contribution in [2.45, 2.75) is 51.0 Å². The maximum Gasteiger partial charge on any atom is 0.225 e. The van der Waals surface area contributed by atoms with Crippen molar-refractivity contribution in [3.05, 3.63) is 0 Å². The zero-order chi connectivity index (χ0) is 19.3. The molecule has 3 rings (SSSR count). The Labute approximate surface area is 162 Å². The lowest BCUT2D eigenvalue weighted by atomic mass is 9.76. The van der Waals surface area contributed by atoms with E-state index in [1.54, 1.807) is 7.11 Å². The molecular formula is C20H35N3O4. The van der Waals surface area contributed by atoms with E-state index < -0.39 is 5.41 Å². The molecule has 0 aliphatic carbocycles. The van der Waals surface area contributed by atoms with Crippen LogP contribution in [0.15, 0.2) is 0 Å². The quantitative estimate of drug-likeness (QED) is 0.742. The van der Waals surface area contributed by atoms with Gasteiger partial charge in [-0.3, -0.25) is 14.5 Å². The second-order valence-corrected chi connectivity index (χ2v) is 8.40. The molecule has 1 atom stereocenters. The standard InChI is InChI=1S/C20H35N3O4/c1-26-14-8-20(19(21)25)7-2-9-23(15-20)17-3-10-22(11-4-17)18(24)16-5-12-27-13-6-16/h16-17H,2-15H2,1H3,(H2,21,25). The van der Waals surface area contributed by atoms with E-state index in [2.05, 4.69) is 4.90 Å². The van der Waals surface area contributed by atoms with Gasteiger partial charge in [-0.15, -0.1) is 0 Å². The normalized spacial score (nSPS) is 29.0. The summed E-state index contributed by atoms with van der Waals surface area (Å²) in [6.45, 7) is 5.35. The Morgan fingerprint density at radius 1 is 1.15 bits per heavy atom. The molecule has 0 saturated carbocycles. The van der Waals surface area contributed by atoms with E-state index in [9.17, 15) is 9.59 Å². The first-order valence-electron chi connectivity index (χ1n) is 10.5. The van der Waals surface area contributed by atoms with Crippen LogP contribution in [-0.2, 0) is 19.1 Å². The lowest BCUT2D eigenvalue weighted by Crippen LogP contribution is -2.56. The minimum atomic E-state index is -0.469. The van der Waals surface area contributed by atoms with Crippen molar-refractivity contribution in [1.82, 2.24) is 9.80 Å². The third-order valence-corrected chi connectivity index (χ3v) is 6.78. The maximum absolute atomic E-state index is 12.7. The Morgan fingerprint density at radius 2 is 1.85 bits per heavy atom. The summed E-state index contributed by atoms with van der Waals surface area (Å²) in [7, 11) is 1.67. The van der Waals surface area contributed by atoms with Crippen molar-refractivity contribution in [1.29, 1.82) is 0 Å². The number of hydrogen-bond donors (Lipinski definition) is 1. The smallest absolute Gasteiger partial charge is 0.225 e. The van der Waals surface area contributed by atoms with E-state index in [0.717, 1.165) is 64.7 Å². The molecule has 3 heterocycles. The molecule has 0 spiro atoms. The van der Waals surface area contributed by atoms with E-state index in [1.165, 1.54) is 0 Å². The van der Waals surface area contributed by atoms with Gasteiger partial charge in [0, 0.05) is 58.5 Å². The average Bonchev–Trinajstić information content (AvgIpc) is 2.72. The first-order valence-corrected chi connectivity index (χ1v) is 10.5. The molecule has 3 saturated heterocycles. The van der Waals surface area contributed by atoms with Crippen molar-refractivity contribution < 1.29 is 19.1 Å².